The van der Waals surface area contributed by atoms with Crippen molar-refractivity contribution < 1.29 is 9.84 Å². The van der Waals surface area contributed by atoms with Crippen LogP contribution in [0.4, 0.5) is 5.69 Å². The number of hydrogen-bond acceptors (Lipinski definition) is 9. The molecule has 0 aliphatic carbocycles. The predicted octanol–water partition coefficient (Wildman–Crippen LogP) is 2.30. The second kappa shape index (κ2) is 9.41. The molecule has 7 rings (SSSR count). The van der Waals surface area contributed by atoms with Gasteiger partial charge in [0.1, 0.15) is 22.9 Å². The van der Waals surface area contributed by atoms with Crippen LogP contribution in [0, 0.1) is 18.3 Å². The van der Waals surface area contributed by atoms with Gasteiger partial charge in [-0.15, -0.1) is 5.10 Å². The molecule has 1 unspecified atom stereocenters. The summed E-state index contributed by atoms with van der Waals surface area (Å²) in [7, 11) is 0. The second-order valence-electron chi connectivity index (χ2n) is 10.9. The number of β-amino-alcohol motifs (C(OH)–C–C–N with tert-alkyl or cyclic N) is 1. The number of fused-ring (bicyclic) bond motifs is 1. The first-order valence-corrected chi connectivity index (χ1v) is 13.6. The number of pyridine rings is 2. The van der Waals surface area contributed by atoms with Crippen LogP contribution in [0.15, 0.2) is 42.9 Å². The van der Waals surface area contributed by atoms with Crippen LogP contribution < -0.4 is 4.90 Å². The number of piperidine rings is 1. The van der Waals surface area contributed by atoms with E-state index in [-0.39, 0.29) is 0 Å². The van der Waals surface area contributed by atoms with Crippen LogP contribution in [-0.4, -0.2) is 85.0 Å². The van der Waals surface area contributed by atoms with E-state index < -0.39 is 5.60 Å². The molecular formula is C28H31N9O2. The highest BCUT2D eigenvalue weighted by Crippen LogP contribution is 2.38. The molecule has 0 bridgehead atoms. The minimum atomic E-state index is -1.07. The monoisotopic (exact) mass is 525 g/mol. The van der Waals surface area contributed by atoms with Gasteiger partial charge in [-0.3, -0.25) is 9.88 Å². The van der Waals surface area contributed by atoms with Gasteiger partial charge < -0.3 is 14.7 Å². The number of ether oxygens (including phenoxy) is 1. The molecule has 200 valence electrons. The lowest BCUT2D eigenvalue weighted by Gasteiger charge is -2.41. The molecule has 0 amide bonds. The van der Waals surface area contributed by atoms with Gasteiger partial charge in [-0.1, -0.05) is 11.3 Å². The zero-order valence-electron chi connectivity index (χ0n) is 21.9. The summed E-state index contributed by atoms with van der Waals surface area (Å²) < 4.78 is 9.20. The third-order valence-electron chi connectivity index (χ3n) is 8.62. The largest absolute Gasteiger partial charge is 0.382 e. The van der Waals surface area contributed by atoms with Crippen LogP contribution >= 0.6 is 0 Å². The Balaban J connectivity index is 1.21. The van der Waals surface area contributed by atoms with Crippen molar-refractivity contribution in [2.75, 3.05) is 44.3 Å². The lowest BCUT2D eigenvalue weighted by Crippen LogP contribution is -2.52. The van der Waals surface area contributed by atoms with Gasteiger partial charge in [0.2, 0.25) is 0 Å². The average Bonchev–Trinajstić information content (AvgIpc) is 3.65. The summed E-state index contributed by atoms with van der Waals surface area (Å²) in [5.74, 6) is 0. The van der Waals surface area contributed by atoms with E-state index in [4.69, 9.17) is 4.74 Å². The summed E-state index contributed by atoms with van der Waals surface area (Å²) in [6.45, 7) is 6.85. The van der Waals surface area contributed by atoms with Crippen molar-refractivity contribution >= 4 is 11.2 Å². The van der Waals surface area contributed by atoms with Crippen LogP contribution in [0.1, 0.15) is 42.3 Å². The number of aromatic nitrogens is 6. The van der Waals surface area contributed by atoms with Crippen molar-refractivity contribution in [1.29, 1.82) is 5.26 Å². The highest BCUT2D eigenvalue weighted by Gasteiger charge is 2.40. The fraction of sp³-hybridized carbons (Fsp3) is 0.464. The molecule has 3 aliphatic rings. The predicted molar refractivity (Wildman–Crippen MR) is 143 cm³/mol. The fourth-order valence-electron chi connectivity index (χ4n) is 6.28. The number of rotatable bonds is 5. The van der Waals surface area contributed by atoms with E-state index in [1.54, 1.807) is 16.9 Å². The van der Waals surface area contributed by atoms with Crippen LogP contribution in [0.25, 0.3) is 16.8 Å². The molecule has 39 heavy (non-hydrogen) atoms. The molecule has 0 saturated carbocycles. The lowest BCUT2D eigenvalue weighted by molar-refractivity contribution is -0.0735. The van der Waals surface area contributed by atoms with E-state index in [1.807, 2.05) is 24.4 Å². The maximum absolute atomic E-state index is 11.5. The van der Waals surface area contributed by atoms with Gasteiger partial charge in [0.25, 0.3) is 0 Å². The number of hydrogen-bond donors (Lipinski definition) is 1. The maximum Gasteiger partial charge on any atom is 0.125 e. The number of likely N-dealkylation sites (tertiary alicyclic amines) is 1. The number of nitrogens with zero attached hydrogens (tertiary/aromatic N) is 9. The molecule has 3 fully saturated rings. The highest BCUT2D eigenvalue weighted by atomic mass is 16.5. The first kappa shape index (κ1) is 24.2. The Labute approximate surface area is 226 Å². The van der Waals surface area contributed by atoms with E-state index in [1.165, 1.54) is 0 Å². The molecule has 1 atom stereocenters. The van der Waals surface area contributed by atoms with Crippen LogP contribution in [0.5, 0.6) is 0 Å². The molecular weight excluding hydrogens is 494 g/mol. The van der Waals surface area contributed by atoms with Crippen molar-refractivity contribution in [3.63, 3.8) is 0 Å². The summed E-state index contributed by atoms with van der Waals surface area (Å²) in [5.41, 5.74) is 4.36. The molecule has 4 aromatic heterocycles. The molecule has 3 saturated heterocycles. The maximum atomic E-state index is 11.5. The first-order valence-electron chi connectivity index (χ1n) is 13.6. The van der Waals surface area contributed by atoms with Crippen molar-refractivity contribution in [1.82, 2.24) is 34.5 Å². The fourth-order valence-corrected chi connectivity index (χ4v) is 6.28. The van der Waals surface area contributed by atoms with E-state index in [0.29, 0.717) is 42.9 Å². The number of aliphatic hydroxyl groups is 1. The van der Waals surface area contributed by atoms with Crippen LogP contribution in [0.3, 0.4) is 0 Å². The normalized spacial score (nSPS) is 22.8. The van der Waals surface area contributed by atoms with Gasteiger partial charge >= 0.3 is 0 Å². The molecule has 11 heteroatoms. The van der Waals surface area contributed by atoms with Gasteiger partial charge in [0, 0.05) is 44.0 Å². The molecule has 11 nitrogen and oxygen atoms in total. The summed E-state index contributed by atoms with van der Waals surface area (Å²) in [5, 5.41) is 35.0. The minimum absolute atomic E-state index is 0.313. The molecule has 7 heterocycles. The van der Waals surface area contributed by atoms with Crippen LogP contribution in [0.2, 0.25) is 0 Å². The summed E-state index contributed by atoms with van der Waals surface area (Å²) >= 11 is 0. The Hall–Kier alpha value is -3.85. The van der Waals surface area contributed by atoms with Gasteiger partial charge in [0.15, 0.2) is 0 Å². The number of nitriles is 1. The van der Waals surface area contributed by atoms with Crippen LogP contribution in [-0.2, 0) is 10.3 Å². The Morgan fingerprint density at radius 3 is 2.72 bits per heavy atom. The quantitative estimate of drug-likeness (QED) is 0.418. The molecule has 0 aromatic carbocycles. The Kier molecular flexibility index (Phi) is 5.84. The van der Waals surface area contributed by atoms with Gasteiger partial charge in [-0.05, 0) is 38.0 Å². The summed E-state index contributed by atoms with van der Waals surface area (Å²) in [4.78, 5) is 9.06. The third kappa shape index (κ3) is 4.07. The SMILES string of the molecule is Cc1c(-c2cc(N3CCC(O)(c4ccccn4)C3)c3c(C#N)cnn3c2)nnn1C1CCN(C2COC2)CC1. The van der Waals surface area contributed by atoms with E-state index in [2.05, 4.69) is 53.9 Å². The average molecular weight is 526 g/mol. The van der Waals surface area contributed by atoms with Gasteiger partial charge in [0.05, 0.1) is 60.7 Å². The Morgan fingerprint density at radius 1 is 1.15 bits per heavy atom. The summed E-state index contributed by atoms with van der Waals surface area (Å²) in [6.07, 6.45) is 7.83. The number of anilines is 1. The molecule has 3 aliphatic heterocycles. The molecule has 0 radical (unpaired) electrons. The van der Waals surface area contributed by atoms with Gasteiger partial charge in [-0.25, -0.2) is 9.20 Å². The Morgan fingerprint density at radius 2 is 2.00 bits per heavy atom. The zero-order chi connectivity index (χ0) is 26.6. The van der Waals surface area contributed by atoms with E-state index in [0.717, 1.165) is 67.3 Å². The van der Waals surface area contributed by atoms with Crippen molar-refractivity contribution in [2.24, 2.45) is 0 Å². The van der Waals surface area contributed by atoms with Crippen molar-refractivity contribution in [3.8, 4) is 17.3 Å². The van der Waals surface area contributed by atoms with E-state index in [9.17, 15) is 10.4 Å². The smallest absolute Gasteiger partial charge is 0.125 e. The second-order valence-corrected chi connectivity index (χ2v) is 10.9. The zero-order valence-corrected chi connectivity index (χ0v) is 21.9. The molecule has 1 N–H and O–H groups in total. The van der Waals surface area contributed by atoms with Crippen molar-refractivity contribution in [2.45, 2.75) is 43.9 Å². The highest BCUT2D eigenvalue weighted by molar-refractivity contribution is 5.83. The first-order chi connectivity index (χ1) is 19.0. The lowest BCUT2D eigenvalue weighted by atomic mass is 9.98. The third-order valence-corrected chi connectivity index (χ3v) is 8.62. The molecule has 0 spiro atoms. The van der Waals surface area contributed by atoms with Crippen molar-refractivity contribution in [3.05, 3.63) is 59.8 Å². The van der Waals surface area contributed by atoms with Gasteiger partial charge in [-0.2, -0.15) is 10.4 Å². The summed E-state index contributed by atoms with van der Waals surface area (Å²) in [6, 6.07) is 10.8. The van der Waals surface area contributed by atoms with E-state index >= 15 is 0 Å². The minimum Gasteiger partial charge on any atom is -0.382 e. The molecule has 4 aromatic rings. The standard InChI is InChI=1S/C28H31N9O2/c1-19-26(32-33-37(19)22-5-9-34(10-6-22)23-16-39-17-23)20-12-24(27-21(13-29)14-31-36(27)15-20)35-11-7-28(38,18-35)25-4-2-3-8-30-25/h2-4,8,12,14-15,22-23,38H,5-7,9-11,16-18H2,1H3. The topological polar surface area (TPSA) is 121 Å². The Bertz CT molecular complexity index is 1550.